The van der Waals surface area contributed by atoms with Crippen molar-refractivity contribution < 1.29 is 19.3 Å². The standard InChI is InChI=1S/C14H18O4/c1-16-12-3-2-10(14(15)5-6-14)8-13(12)18-11-4-7-17-9-11/h2-3,8,11,15H,4-7,9H2,1H3. The van der Waals surface area contributed by atoms with Gasteiger partial charge in [0, 0.05) is 6.42 Å². The molecule has 1 aromatic rings. The zero-order valence-electron chi connectivity index (χ0n) is 10.5. The van der Waals surface area contributed by atoms with E-state index in [1.165, 1.54) is 0 Å². The summed E-state index contributed by atoms with van der Waals surface area (Å²) in [6, 6.07) is 5.66. The summed E-state index contributed by atoms with van der Waals surface area (Å²) in [5.74, 6) is 1.40. The quantitative estimate of drug-likeness (QED) is 0.886. The van der Waals surface area contributed by atoms with Crippen LogP contribution in [0.25, 0.3) is 0 Å². The van der Waals surface area contributed by atoms with Gasteiger partial charge in [0.2, 0.25) is 0 Å². The monoisotopic (exact) mass is 250 g/mol. The highest BCUT2D eigenvalue weighted by molar-refractivity contribution is 5.46. The minimum Gasteiger partial charge on any atom is -0.493 e. The molecule has 2 fully saturated rings. The summed E-state index contributed by atoms with van der Waals surface area (Å²) in [4.78, 5) is 0. The van der Waals surface area contributed by atoms with Crippen LogP contribution in [0.2, 0.25) is 0 Å². The highest BCUT2D eigenvalue weighted by Crippen LogP contribution is 2.47. The molecule has 3 rings (SSSR count). The Hall–Kier alpha value is -1.26. The van der Waals surface area contributed by atoms with Crippen molar-refractivity contribution in [1.82, 2.24) is 0 Å². The molecule has 0 amide bonds. The third-order valence-electron chi connectivity index (χ3n) is 3.61. The normalized spacial score (nSPS) is 24.9. The zero-order valence-corrected chi connectivity index (χ0v) is 10.5. The second kappa shape index (κ2) is 4.44. The lowest BCUT2D eigenvalue weighted by Crippen LogP contribution is -2.16. The van der Waals surface area contributed by atoms with Crippen LogP contribution in [-0.4, -0.2) is 31.5 Å². The average molecular weight is 250 g/mol. The fraction of sp³-hybridized carbons (Fsp3) is 0.571. The Bertz CT molecular complexity index is 433. The first-order valence-electron chi connectivity index (χ1n) is 6.36. The summed E-state index contributed by atoms with van der Waals surface area (Å²) in [6.07, 6.45) is 2.64. The fourth-order valence-electron chi connectivity index (χ4n) is 2.25. The summed E-state index contributed by atoms with van der Waals surface area (Å²) in [5, 5.41) is 10.1. The van der Waals surface area contributed by atoms with Crippen molar-refractivity contribution >= 4 is 0 Å². The third kappa shape index (κ3) is 2.18. The number of ether oxygens (including phenoxy) is 3. The van der Waals surface area contributed by atoms with Gasteiger partial charge in [-0.3, -0.25) is 0 Å². The molecule has 1 atom stereocenters. The van der Waals surface area contributed by atoms with E-state index in [1.807, 2.05) is 18.2 Å². The van der Waals surface area contributed by atoms with Crippen molar-refractivity contribution in [3.8, 4) is 11.5 Å². The molecule has 18 heavy (non-hydrogen) atoms. The lowest BCUT2D eigenvalue weighted by atomic mass is 10.1. The number of hydrogen-bond acceptors (Lipinski definition) is 4. The van der Waals surface area contributed by atoms with Crippen molar-refractivity contribution in [2.45, 2.75) is 31.0 Å². The number of methoxy groups -OCH3 is 1. The molecular weight excluding hydrogens is 232 g/mol. The molecule has 0 bridgehead atoms. The molecule has 98 valence electrons. The van der Waals surface area contributed by atoms with Gasteiger partial charge < -0.3 is 19.3 Å². The summed E-state index contributed by atoms with van der Waals surface area (Å²) in [7, 11) is 1.62. The van der Waals surface area contributed by atoms with Gasteiger partial charge in [-0.15, -0.1) is 0 Å². The molecule has 1 saturated carbocycles. The molecular formula is C14H18O4. The van der Waals surface area contributed by atoms with Crippen LogP contribution in [0, 0.1) is 0 Å². The zero-order chi connectivity index (χ0) is 12.6. The third-order valence-corrected chi connectivity index (χ3v) is 3.61. The first kappa shape index (κ1) is 11.8. The maximum Gasteiger partial charge on any atom is 0.162 e. The van der Waals surface area contributed by atoms with Crippen molar-refractivity contribution in [1.29, 1.82) is 0 Å². The van der Waals surface area contributed by atoms with Gasteiger partial charge in [0.1, 0.15) is 6.10 Å². The van der Waals surface area contributed by atoms with Crippen molar-refractivity contribution in [2.24, 2.45) is 0 Å². The molecule has 1 unspecified atom stereocenters. The van der Waals surface area contributed by atoms with Gasteiger partial charge in [-0.2, -0.15) is 0 Å². The Morgan fingerprint density at radius 1 is 1.33 bits per heavy atom. The van der Waals surface area contributed by atoms with Crippen LogP contribution in [0.15, 0.2) is 18.2 Å². The van der Waals surface area contributed by atoms with E-state index in [4.69, 9.17) is 14.2 Å². The molecule has 1 saturated heterocycles. The molecule has 1 aliphatic heterocycles. The van der Waals surface area contributed by atoms with Crippen LogP contribution >= 0.6 is 0 Å². The van der Waals surface area contributed by atoms with Gasteiger partial charge in [-0.25, -0.2) is 0 Å². The van der Waals surface area contributed by atoms with Crippen LogP contribution < -0.4 is 9.47 Å². The van der Waals surface area contributed by atoms with Crippen LogP contribution in [-0.2, 0) is 10.3 Å². The van der Waals surface area contributed by atoms with E-state index in [9.17, 15) is 5.11 Å². The average Bonchev–Trinajstić information content (AvgIpc) is 2.92. The number of rotatable bonds is 4. The molecule has 4 nitrogen and oxygen atoms in total. The van der Waals surface area contributed by atoms with Crippen LogP contribution in [0.4, 0.5) is 0 Å². The Balaban J connectivity index is 1.84. The Kier molecular flexibility index (Phi) is 2.92. The lowest BCUT2D eigenvalue weighted by molar-refractivity contribution is 0.136. The van der Waals surface area contributed by atoms with Gasteiger partial charge in [0.15, 0.2) is 11.5 Å². The Morgan fingerprint density at radius 2 is 2.17 bits per heavy atom. The second-order valence-electron chi connectivity index (χ2n) is 5.00. The van der Waals surface area contributed by atoms with Gasteiger partial charge in [-0.1, -0.05) is 6.07 Å². The van der Waals surface area contributed by atoms with Crippen LogP contribution in [0.3, 0.4) is 0 Å². The first-order chi connectivity index (χ1) is 8.71. The number of aliphatic hydroxyl groups is 1. The van der Waals surface area contributed by atoms with Gasteiger partial charge in [-0.05, 0) is 30.5 Å². The minimum atomic E-state index is -0.642. The fourth-order valence-corrected chi connectivity index (χ4v) is 2.25. The number of benzene rings is 1. The lowest BCUT2D eigenvalue weighted by Gasteiger charge is -2.17. The van der Waals surface area contributed by atoms with E-state index in [0.717, 1.165) is 31.4 Å². The molecule has 1 N–H and O–H groups in total. The summed E-state index contributed by atoms with van der Waals surface area (Å²) in [5.41, 5.74) is 0.272. The van der Waals surface area contributed by atoms with E-state index < -0.39 is 5.60 Å². The predicted octanol–water partition coefficient (Wildman–Crippen LogP) is 1.84. The molecule has 1 heterocycles. The highest BCUT2D eigenvalue weighted by atomic mass is 16.6. The van der Waals surface area contributed by atoms with Gasteiger partial charge in [0.05, 0.1) is 25.9 Å². The van der Waals surface area contributed by atoms with E-state index >= 15 is 0 Å². The summed E-state index contributed by atoms with van der Waals surface area (Å²) >= 11 is 0. The minimum absolute atomic E-state index is 0.0861. The highest BCUT2D eigenvalue weighted by Gasteiger charge is 2.42. The Morgan fingerprint density at radius 3 is 2.78 bits per heavy atom. The molecule has 1 aromatic carbocycles. The van der Waals surface area contributed by atoms with E-state index in [0.29, 0.717) is 18.1 Å². The molecule has 1 aliphatic carbocycles. The molecule has 4 heteroatoms. The largest absolute Gasteiger partial charge is 0.493 e. The second-order valence-corrected chi connectivity index (χ2v) is 5.00. The van der Waals surface area contributed by atoms with Gasteiger partial charge in [0.25, 0.3) is 0 Å². The Labute approximate surface area is 106 Å². The molecule has 0 spiro atoms. The smallest absolute Gasteiger partial charge is 0.162 e. The van der Waals surface area contributed by atoms with E-state index in [-0.39, 0.29) is 6.10 Å². The predicted molar refractivity (Wildman–Crippen MR) is 66.0 cm³/mol. The molecule has 2 aliphatic rings. The molecule has 0 radical (unpaired) electrons. The number of hydrogen-bond donors (Lipinski definition) is 1. The summed E-state index contributed by atoms with van der Waals surface area (Å²) < 4.78 is 16.5. The summed E-state index contributed by atoms with van der Waals surface area (Å²) in [6.45, 7) is 1.37. The van der Waals surface area contributed by atoms with E-state index in [1.54, 1.807) is 7.11 Å². The maximum absolute atomic E-state index is 10.1. The van der Waals surface area contributed by atoms with Crippen LogP contribution in [0.5, 0.6) is 11.5 Å². The van der Waals surface area contributed by atoms with Crippen molar-refractivity contribution in [3.63, 3.8) is 0 Å². The van der Waals surface area contributed by atoms with Crippen LogP contribution in [0.1, 0.15) is 24.8 Å². The van der Waals surface area contributed by atoms with Crippen molar-refractivity contribution in [3.05, 3.63) is 23.8 Å². The van der Waals surface area contributed by atoms with Gasteiger partial charge >= 0.3 is 0 Å². The molecule has 0 aromatic heterocycles. The van der Waals surface area contributed by atoms with Crippen molar-refractivity contribution in [2.75, 3.05) is 20.3 Å². The maximum atomic E-state index is 10.1. The topological polar surface area (TPSA) is 47.9 Å². The SMILES string of the molecule is COc1ccc(C2(O)CC2)cc1OC1CCOC1. The first-order valence-corrected chi connectivity index (χ1v) is 6.36. The van der Waals surface area contributed by atoms with E-state index in [2.05, 4.69) is 0 Å².